The van der Waals surface area contributed by atoms with Crippen molar-refractivity contribution in [2.75, 3.05) is 6.54 Å². The van der Waals surface area contributed by atoms with Crippen LogP contribution in [-0.2, 0) is 4.79 Å². The van der Waals surface area contributed by atoms with E-state index in [1.54, 1.807) is 0 Å². The average molecular weight is 212 g/mol. The summed E-state index contributed by atoms with van der Waals surface area (Å²) in [6.07, 6.45) is 5.47. The van der Waals surface area contributed by atoms with E-state index in [0.717, 1.165) is 38.6 Å². The van der Waals surface area contributed by atoms with Crippen LogP contribution in [0.5, 0.6) is 0 Å². The molecule has 1 atom stereocenters. The van der Waals surface area contributed by atoms with E-state index >= 15 is 0 Å². The first kappa shape index (κ1) is 12.5. The maximum atomic E-state index is 11.7. The minimum atomic E-state index is 0.00838. The maximum absolute atomic E-state index is 11.7. The molecule has 1 rings (SSSR count). The zero-order chi connectivity index (χ0) is 11.3. The molecule has 0 aliphatic carbocycles. The van der Waals surface area contributed by atoms with E-state index in [1.807, 2.05) is 0 Å². The molecule has 0 radical (unpaired) electrons. The van der Waals surface area contributed by atoms with Crippen LogP contribution in [0.25, 0.3) is 0 Å². The number of nitrogens with one attached hydrogen (secondary N) is 2. The summed E-state index contributed by atoms with van der Waals surface area (Å²) in [6.45, 7) is 7.37. The fourth-order valence-electron chi connectivity index (χ4n) is 2.25. The molecule has 15 heavy (non-hydrogen) atoms. The van der Waals surface area contributed by atoms with Gasteiger partial charge in [0.25, 0.3) is 0 Å². The molecule has 1 saturated heterocycles. The molecule has 0 bridgehead atoms. The molecule has 0 aromatic carbocycles. The van der Waals surface area contributed by atoms with Crippen LogP contribution in [0.15, 0.2) is 0 Å². The van der Waals surface area contributed by atoms with Crippen molar-refractivity contribution in [1.29, 1.82) is 0 Å². The second-order valence-electron chi connectivity index (χ2n) is 5.12. The lowest BCUT2D eigenvalue weighted by Crippen LogP contribution is -2.52. The van der Waals surface area contributed by atoms with Crippen molar-refractivity contribution in [3.05, 3.63) is 0 Å². The quantitative estimate of drug-likeness (QED) is 0.746. The highest BCUT2D eigenvalue weighted by molar-refractivity contribution is 5.82. The lowest BCUT2D eigenvalue weighted by molar-refractivity contribution is -0.123. The number of amides is 1. The minimum absolute atomic E-state index is 0.00838. The van der Waals surface area contributed by atoms with Gasteiger partial charge in [0.05, 0.1) is 6.04 Å². The standard InChI is InChI=1S/C12H24N2O/c1-4-8-12(2,3)14-10-7-5-6-9-13-11(10)15/h10,14H,4-9H2,1-3H3,(H,13,15). The third-order valence-corrected chi connectivity index (χ3v) is 2.98. The highest BCUT2D eigenvalue weighted by Crippen LogP contribution is 2.15. The lowest BCUT2D eigenvalue weighted by Gasteiger charge is -2.30. The highest BCUT2D eigenvalue weighted by Gasteiger charge is 2.26. The van der Waals surface area contributed by atoms with Crippen molar-refractivity contribution >= 4 is 5.91 Å². The summed E-state index contributed by atoms with van der Waals surface area (Å²) in [5.74, 6) is 0.177. The summed E-state index contributed by atoms with van der Waals surface area (Å²) in [5, 5.41) is 6.43. The first-order chi connectivity index (χ1) is 7.05. The van der Waals surface area contributed by atoms with Gasteiger partial charge in [-0.1, -0.05) is 13.3 Å². The van der Waals surface area contributed by atoms with Crippen LogP contribution >= 0.6 is 0 Å². The van der Waals surface area contributed by atoms with Crippen LogP contribution in [0, 0.1) is 0 Å². The molecule has 3 nitrogen and oxygen atoms in total. The molecule has 1 amide bonds. The van der Waals surface area contributed by atoms with Crippen LogP contribution in [-0.4, -0.2) is 24.0 Å². The van der Waals surface area contributed by atoms with E-state index < -0.39 is 0 Å². The van der Waals surface area contributed by atoms with Gasteiger partial charge in [-0.25, -0.2) is 0 Å². The Hall–Kier alpha value is -0.570. The fourth-order valence-corrected chi connectivity index (χ4v) is 2.25. The fraction of sp³-hybridized carbons (Fsp3) is 0.917. The van der Waals surface area contributed by atoms with E-state index in [9.17, 15) is 4.79 Å². The summed E-state index contributed by atoms with van der Waals surface area (Å²) < 4.78 is 0. The van der Waals surface area contributed by atoms with E-state index in [4.69, 9.17) is 0 Å². The van der Waals surface area contributed by atoms with Crippen LogP contribution in [0.1, 0.15) is 52.9 Å². The Bertz CT molecular complexity index is 214. The monoisotopic (exact) mass is 212 g/mol. The number of hydrogen-bond acceptors (Lipinski definition) is 2. The molecule has 1 aliphatic rings. The van der Waals surface area contributed by atoms with Gasteiger partial charge in [-0.3, -0.25) is 4.79 Å². The molecule has 0 spiro atoms. The number of rotatable bonds is 4. The van der Waals surface area contributed by atoms with Gasteiger partial charge in [-0.2, -0.15) is 0 Å². The molecule has 0 saturated carbocycles. The summed E-state index contributed by atoms with van der Waals surface area (Å²) in [6, 6.07) is 0.00838. The third-order valence-electron chi connectivity index (χ3n) is 2.98. The second-order valence-corrected chi connectivity index (χ2v) is 5.12. The molecule has 0 aromatic rings. The van der Waals surface area contributed by atoms with Crippen molar-refractivity contribution in [3.8, 4) is 0 Å². The molecule has 1 fully saturated rings. The van der Waals surface area contributed by atoms with Gasteiger partial charge in [-0.15, -0.1) is 0 Å². The van der Waals surface area contributed by atoms with E-state index in [2.05, 4.69) is 31.4 Å². The van der Waals surface area contributed by atoms with Gasteiger partial charge in [0.15, 0.2) is 0 Å². The normalized spacial score (nSPS) is 23.4. The Labute approximate surface area is 93.0 Å². The Morgan fingerprint density at radius 1 is 1.47 bits per heavy atom. The number of hydrogen-bond donors (Lipinski definition) is 2. The van der Waals surface area contributed by atoms with Crippen molar-refractivity contribution in [3.63, 3.8) is 0 Å². The Morgan fingerprint density at radius 2 is 2.20 bits per heavy atom. The highest BCUT2D eigenvalue weighted by atomic mass is 16.2. The first-order valence-electron chi connectivity index (χ1n) is 6.10. The Kier molecular flexibility index (Phi) is 4.58. The van der Waals surface area contributed by atoms with Crippen molar-refractivity contribution in [1.82, 2.24) is 10.6 Å². The van der Waals surface area contributed by atoms with Crippen molar-refractivity contribution in [2.45, 2.75) is 64.5 Å². The third kappa shape index (κ3) is 4.20. The molecular weight excluding hydrogens is 188 g/mol. The minimum Gasteiger partial charge on any atom is -0.355 e. The van der Waals surface area contributed by atoms with Gasteiger partial charge in [0, 0.05) is 12.1 Å². The topological polar surface area (TPSA) is 41.1 Å². The van der Waals surface area contributed by atoms with E-state index in [-0.39, 0.29) is 17.5 Å². The molecule has 2 N–H and O–H groups in total. The predicted molar refractivity (Wildman–Crippen MR) is 62.8 cm³/mol. The SMILES string of the molecule is CCCC(C)(C)NC1CCCCNC1=O. The zero-order valence-corrected chi connectivity index (χ0v) is 10.2. The molecule has 88 valence electrons. The van der Waals surface area contributed by atoms with Gasteiger partial charge < -0.3 is 10.6 Å². The van der Waals surface area contributed by atoms with E-state index in [0.29, 0.717) is 0 Å². The van der Waals surface area contributed by atoms with Gasteiger partial charge in [-0.05, 0) is 39.5 Å². The predicted octanol–water partition coefficient (Wildman–Crippen LogP) is 1.82. The Morgan fingerprint density at radius 3 is 2.87 bits per heavy atom. The first-order valence-corrected chi connectivity index (χ1v) is 6.10. The molecular formula is C12H24N2O. The summed E-state index contributed by atoms with van der Waals surface area (Å²) in [5.41, 5.74) is 0.0705. The zero-order valence-electron chi connectivity index (χ0n) is 10.2. The summed E-state index contributed by atoms with van der Waals surface area (Å²) in [4.78, 5) is 11.7. The van der Waals surface area contributed by atoms with Crippen molar-refractivity contribution in [2.24, 2.45) is 0 Å². The average Bonchev–Trinajstić information content (AvgIpc) is 2.31. The molecule has 0 aromatic heterocycles. The summed E-state index contributed by atoms with van der Waals surface area (Å²) in [7, 11) is 0. The van der Waals surface area contributed by atoms with Crippen LogP contribution in [0.3, 0.4) is 0 Å². The number of carbonyl (C=O) groups excluding carboxylic acids is 1. The van der Waals surface area contributed by atoms with Gasteiger partial charge in [0.1, 0.15) is 0 Å². The van der Waals surface area contributed by atoms with Crippen LogP contribution < -0.4 is 10.6 Å². The lowest BCUT2D eigenvalue weighted by atomic mass is 9.96. The second kappa shape index (κ2) is 5.50. The summed E-state index contributed by atoms with van der Waals surface area (Å²) >= 11 is 0. The largest absolute Gasteiger partial charge is 0.355 e. The van der Waals surface area contributed by atoms with Crippen molar-refractivity contribution < 1.29 is 4.79 Å². The smallest absolute Gasteiger partial charge is 0.237 e. The Balaban J connectivity index is 2.50. The molecule has 1 aliphatic heterocycles. The number of carbonyl (C=O) groups is 1. The van der Waals surface area contributed by atoms with Crippen LogP contribution in [0.2, 0.25) is 0 Å². The van der Waals surface area contributed by atoms with Crippen LogP contribution in [0.4, 0.5) is 0 Å². The van der Waals surface area contributed by atoms with Gasteiger partial charge in [0.2, 0.25) is 5.91 Å². The molecule has 1 unspecified atom stereocenters. The molecule has 3 heteroatoms. The molecule has 1 heterocycles. The van der Waals surface area contributed by atoms with E-state index in [1.165, 1.54) is 0 Å². The maximum Gasteiger partial charge on any atom is 0.237 e. The van der Waals surface area contributed by atoms with Gasteiger partial charge >= 0.3 is 0 Å².